The van der Waals surface area contributed by atoms with E-state index in [1.54, 1.807) is 0 Å². The first kappa shape index (κ1) is 9.90. The van der Waals surface area contributed by atoms with E-state index in [2.05, 4.69) is 29.3 Å². The van der Waals surface area contributed by atoms with Gasteiger partial charge in [0.05, 0.1) is 6.20 Å². The maximum absolute atomic E-state index is 4.29. The third-order valence-corrected chi connectivity index (χ3v) is 2.33. The molecule has 0 spiro atoms. The normalized spacial score (nSPS) is 10.5. The third kappa shape index (κ3) is 2.24. The molecule has 0 aromatic carbocycles. The number of aromatic nitrogens is 3. The van der Waals surface area contributed by atoms with Crippen molar-refractivity contribution in [2.75, 3.05) is 0 Å². The van der Waals surface area contributed by atoms with E-state index in [0.717, 1.165) is 29.8 Å². The van der Waals surface area contributed by atoms with Crippen LogP contribution in [0.3, 0.4) is 0 Å². The fourth-order valence-electron chi connectivity index (χ4n) is 1.50. The summed E-state index contributed by atoms with van der Waals surface area (Å²) >= 11 is 0. The molecule has 2 aromatic rings. The lowest BCUT2D eigenvalue weighted by Crippen LogP contribution is -1.95. The van der Waals surface area contributed by atoms with E-state index in [1.165, 1.54) is 0 Å². The van der Waals surface area contributed by atoms with Gasteiger partial charge >= 0.3 is 0 Å². The van der Waals surface area contributed by atoms with Crippen LogP contribution in [0.25, 0.3) is 11.1 Å². The molecular weight excluding hydrogens is 186 g/mol. The molecule has 0 unspecified atom stereocenters. The van der Waals surface area contributed by atoms with Gasteiger partial charge in [-0.3, -0.25) is 9.67 Å². The van der Waals surface area contributed by atoms with E-state index in [1.807, 2.05) is 30.1 Å². The third-order valence-electron chi connectivity index (χ3n) is 2.33. The number of aryl methyl sites for hydroxylation is 2. The van der Waals surface area contributed by atoms with Crippen molar-refractivity contribution in [1.82, 2.24) is 14.8 Å². The first-order valence-corrected chi connectivity index (χ1v) is 5.25. The summed E-state index contributed by atoms with van der Waals surface area (Å²) in [6, 6.07) is 4.10. The lowest BCUT2D eigenvalue weighted by molar-refractivity contribution is 0.603. The molecule has 0 bridgehead atoms. The van der Waals surface area contributed by atoms with E-state index < -0.39 is 0 Å². The Morgan fingerprint density at radius 3 is 2.73 bits per heavy atom. The van der Waals surface area contributed by atoms with Crippen molar-refractivity contribution in [3.63, 3.8) is 0 Å². The van der Waals surface area contributed by atoms with Gasteiger partial charge in [-0.05, 0) is 19.4 Å². The molecule has 3 nitrogen and oxygen atoms in total. The van der Waals surface area contributed by atoms with Crippen molar-refractivity contribution in [3.8, 4) is 11.1 Å². The number of pyridine rings is 1. The second-order valence-corrected chi connectivity index (χ2v) is 3.68. The number of hydrogen-bond donors (Lipinski definition) is 0. The summed E-state index contributed by atoms with van der Waals surface area (Å²) in [5, 5.41) is 4.29. The van der Waals surface area contributed by atoms with Crippen molar-refractivity contribution in [3.05, 3.63) is 36.4 Å². The van der Waals surface area contributed by atoms with Crippen LogP contribution in [0.4, 0.5) is 0 Å². The second kappa shape index (κ2) is 4.26. The van der Waals surface area contributed by atoms with Crippen LogP contribution in [-0.4, -0.2) is 14.8 Å². The minimum absolute atomic E-state index is 0.972. The summed E-state index contributed by atoms with van der Waals surface area (Å²) in [5.41, 5.74) is 3.30. The Morgan fingerprint density at radius 1 is 1.20 bits per heavy atom. The van der Waals surface area contributed by atoms with Gasteiger partial charge in [-0.25, -0.2) is 0 Å². The molecule has 78 valence electrons. The maximum Gasteiger partial charge on any atom is 0.0568 e. The zero-order valence-electron chi connectivity index (χ0n) is 9.14. The summed E-state index contributed by atoms with van der Waals surface area (Å²) in [4.78, 5) is 4.27. The van der Waals surface area contributed by atoms with Crippen LogP contribution in [0.5, 0.6) is 0 Å². The van der Waals surface area contributed by atoms with Crippen LogP contribution in [0.2, 0.25) is 0 Å². The number of rotatable bonds is 3. The van der Waals surface area contributed by atoms with E-state index in [9.17, 15) is 0 Å². The van der Waals surface area contributed by atoms with Crippen LogP contribution in [-0.2, 0) is 6.54 Å². The van der Waals surface area contributed by atoms with Crippen molar-refractivity contribution in [2.45, 2.75) is 26.8 Å². The molecule has 3 heteroatoms. The molecule has 0 N–H and O–H groups in total. The molecule has 0 atom stereocenters. The zero-order chi connectivity index (χ0) is 10.7. The number of hydrogen-bond acceptors (Lipinski definition) is 2. The van der Waals surface area contributed by atoms with Gasteiger partial charge in [0, 0.05) is 35.8 Å². The molecule has 2 rings (SSSR count). The quantitative estimate of drug-likeness (QED) is 0.764. The average molecular weight is 201 g/mol. The molecule has 0 radical (unpaired) electrons. The van der Waals surface area contributed by atoms with Crippen molar-refractivity contribution >= 4 is 0 Å². The predicted molar refractivity (Wildman–Crippen MR) is 60.5 cm³/mol. The zero-order valence-corrected chi connectivity index (χ0v) is 9.14. The van der Waals surface area contributed by atoms with Gasteiger partial charge in [-0.15, -0.1) is 0 Å². The summed E-state index contributed by atoms with van der Waals surface area (Å²) in [6.07, 6.45) is 6.95. The van der Waals surface area contributed by atoms with Crippen molar-refractivity contribution in [2.24, 2.45) is 0 Å². The molecule has 0 saturated carbocycles. The van der Waals surface area contributed by atoms with Gasteiger partial charge in [0.1, 0.15) is 0 Å². The van der Waals surface area contributed by atoms with Gasteiger partial charge in [-0.2, -0.15) is 5.10 Å². The largest absolute Gasteiger partial charge is 0.272 e. The van der Waals surface area contributed by atoms with Crippen LogP contribution in [0.1, 0.15) is 19.0 Å². The van der Waals surface area contributed by atoms with E-state index in [0.29, 0.717) is 0 Å². The van der Waals surface area contributed by atoms with Crippen LogP contribution in [0.15, 0.2) is 30.7 Å². The van der Waals surface area contributed by atoms with Gasteiger partial charge in [0.25, 0.3) is 0 Å². The Morgan fingerprint density at radius 2 is 2.07 bits per heavy atom. The smallest absolute Gasteiger partial charge is 0.0568 e. The van der Waals surface area contributed by atoms with Gasteiger partial charge < -0.3 is 0 Å². The maximum atomic E-state index is 4.29. The van der Waals surface area contributed by atoms with E-state index in [-0.39, 0.29) is 0 Å². The molecule has 2 aromatic heterocycles. The Balaban J connectivity index is 2.25. The summed E-state index contributed by atoms with van der Waals surface area (Å²) in [7, 11) is 0. The molecule has 0 aliphatic rings. The fourth-order valence-corrected chi connectivity index (χ4v) is 1.50. The van der Waals surface area contributed by atoms with Crippen LogP contribution < -0.4 is 0 Å². The first-order valence-electron chi connectivity index (χ1n) is 5.25. The Bertz CT molecular complexity index is 428. The summed E-state index contributed by atoms with van der Waals surface area (Å²) in [6.45, 7) is 5.11. The van der Waals surface area contributed by atoms with Crippen molar-refractivity contribution in [1.29, 1.82) is 0 Å². The molecular formula is C12H15N3. The highest BCUT2D eigenvalue weighted by molar-refractivity contribution is 5.60. The fraction of sp³-hybridized carbons (Fsp3) is 0.333. The number of nitrogens with zero attached hydrogens (tertiary/aromatic N) is 3. The molecule has 0 aliphatic carbocycles. The highest BCUT2D eigenvalue weighted by Crippen LogP contribution is 2.17. The SMILES string of the molecule is CCCn1cc(-c2ccc(C)nc2)cn1. The van der Waals surface area contributed by atoms with Crippen LogP contribution in [0, 0.1) is 6.92 Å². The molecule has 0 amide bonds. The Kier molecular flexibility index (Phi) is 2.81. The minimum atomic E-state index is 0.972. The molecule has 0 saturated heterocycles. The summed E-state index contributed by atoms with van der Waals surface area (Å²) in [5.74, 6) is 0. The topological polar surface area (TPSA) is 30.7 Å². The van der Waals surface area contributed by atoms with E-state index in [4.69, 9.17) is 0 Å². The average Bonchev–Trinajstić information content (AvgIpc) is 2.68. The lowest BCUT2D eigenvalue weighted by Gasteiger charge is -1.97. The van der Waals surface area contributed by atoms with Crippen molar-refractivity contribution < 1.29 is 0 Å². The predicted octanol–water partition coefficient (Wildman–Crippen LogP) is 2.66. The standard InChI is InChI=1S/C12H15N3/c1-3-6-15-9-12(8-14-15)11-5-4-10(2)13-7-11/h4-5,7-9H,3,6H2,1-2H3. The highest BCUT2D eigenvalue weighted by atomic mass is 15.3. The van der Waals surface area contributed by atoms with Gasteiger partial charge in [-0.1, -0.05) is 13.0 Å². The first-order chi connectivity index (χ1) is 7.29. The lowest BCUT2D eigenvalue weighted by atomic mass is 10.1. The van der Waals surface area contributed by atoms with E-state index >= 15 is 0 Å². The molecule has 0 fully saturated rings. The Hall–Kier alpha value is -1.64. The highest BCUT2D eigenvalue weighted by Gasteiger charge is 2.01. The van der Waals surface area contributed by atoms with Gasteiger partial charge in [0.15, 0.2) is 0 Å². The molecule has 15 heavy (non-hydrogen) atoms. The second-order valence-electron chi connectivity index (χ2n) is 3.68. The van der Waals surface area contributed by atoms with Gasteiger partial charge in [0.2, 0.25) is 0 Å². The van der Waals surface area contributed by atoms with Crippen LogP contribution >= 0.6 is 0 Å². The summed E-state index contributed by atoms with van der Waals surface area (Å²) < 4.78 is 1.97. The molecule has 2 heterocycles. The Labute approximate surface area is 89.8 Å². The monoisotopic (exact) mass is 201 g/mol. The molecule has 0 aliphatic heterocycles. The minimum Gasteiger partial charge on any atom is -0.272 e.